The van der Waals surface area contributed by atoms with Crippen LogP contribution in [0, 0.1) is 18.3 Å². The summed E-state index contributed by atoms with van der Waals surface area (Å²) in [5.41, 5.74) is 1.91. The summed E-state index contributed by atoms with van der Waals surface area (Å²) in [6, 6.07) is 12.5. The predicted molar refractivity (Wildman–Crippen MR) is 75.7 cm³/mol. The van der Waals surface area contributed by atoms with Crippen LogP contribution in [-0.4, -0.2) is 10.4 Å². The minimum Gasteiger partial charge on any atom is -0.308 e. The Bertz CT molecular complexity index is 767. The first-order chi connectivity index (χ1) is 9.54. The van der Waals surface area contributed by atoms with Crippen LogP contribution >= 0.6 is 0 Å². The van der Waals surface area contributed by atoms with Crippen molar-refractivity contribution in [2.24, 2.45) is 0 Å². The molecule has 2 aromatic rings. The molecule has 0 bridgehead atoms. The van der Waals surface area contributed by atoms with Gasteiger partial charge in [0.05, 0.1) is 23.7 Å². The lowest BCUT2D eigenvalue weighted by molar-refractivity contribution is 0.101. The first kappa shape index (κ1) is 13.8. The summed E-state index contributed by atoms with van der Waals surface area (Å²) in [6.45, 7) is 3.47. The van der Waals surface area contributed by atoms with Gasteiger partial charge in [0.2, 0.25) is 0 Å². The molecule has 0 amide bonds. The average molecular weight is 266 g/mol. The standard InChI is InChI=1S/C16H14N2O2/c1-11-7-8-15(12(2)19)16(20)18(11)10-14-6-4-3-5-13(14)9-17/h3-8H,10H2,1-2H3. The van der Waals surface area contributed by atoms with E-state index in [4.69, 9.17) is 5.26 Å². The third-order valence-electron chi connectivity index (χ3n) is 3.24. The number of pyridine rings is 1. The lowest BCUT2D eigenvalue weighted by Gasteiger charge is -2.12. The highest BCUT2D eigenvalue weighted by atomic mass is 16.1. The molecule has 0 saturated heterocycles. The number of Topliss-reactive ketones (excluding diaryl/α,β-unsaturated/α-hetero) is 1. The average Bonchev–Trinajstić information content (AvgIpc) is 2.43. The minimum absolute atomic E-state index is 0.171. The highest BCUT2D eigenvalue weighted by Gasteiger charge is 2.11. The van der Waals surface area contributed by atoms with Crippen molar-refractivity contribution in [1.29, 1.82) is 5.26 Å². The maximum Gasteiger partial charge on any atom is 0.261 e. The molecule has 0 spiro atoms. The second-order valence-electron chi connectivity index (χ2n) is 4.60. The number of carbonyl (C=O) groups excluding carboxylic acids is 1. The topological polar surface area (TPSA) is 62.9 Å². The summed E-state index contributed by atoms with van der Waals surface area (Å²) in [5, 5.41) is 9.09. The number of hydrogen-bond acceptors (Lipinski definition) is 3. The Labute approximate surface area is 116 Å². The summed E-state index contributed by atoms with van der Waals surface area (Å²) in [5.74, 6) is -0.252. The number of rotatable bonds is 3. The van der Waals surface area contributed by atoms with Crippen molar-refractivity contribution in [2.45, 2.75) is 20.4 Å². The van der Waals surface area contributed by atoms with Crippen LogP contribution in [0.4, 0.5) is 0 Å². The van der Waals surface area contributed by atoms with Crippen LogP contribution in [0.1, 0.15) is 34.1 Å². The summed E-state index contributed by atoms with van der Waals surface area (Å²) >= 11 is 0. The summed E-state index contributed by atoms with van der Waals surface area (Å²) in [4.78, 5) is 23.7. The van der Waals surface area contributed by atoms with E-state index in [0.717, 1.165) is 11.3 Å². The lowest BCUT2D eigenvalue weighted by Crippen LogP contribution is -2.27. The fourth-order valence-corrected chi connectivity index (χ4v) is 2.07. The van der Waals surface area contributed by atoms with Gasteiger partial charge in [0.15, 0.2) is 5.78 Å². The summed E-state index contributed by atoms with van der Waals surface area (Å²) < 4.78 is 1.52. The normalized spacial score (nSPS) is 10.1. The van der Waals surface area contributed by atoms with E-state index in [1.807, 2.05) is 12.1 Å². The van der Waals surface area contributed by atoms with E-state index in [-0.39, 0.29) is 23.5 Å². The van der Waals surface area contributed by atoms with Gasteiger partial charge in [-0.15, -0.1) is 0 Å². The van der Waals surface area contributed by atoms with Gasteiger partial charge < -0.3 is 4.57 Å². The van der Waals surface area contributed by atoms with E-state index in [2.05, 4.69) is 6.07 Å². The molecule has 0 radical (unpaired) electrons. The second kappa shape index (κ2) is 5.54. The van der Waals surface area contributed by atoms with Crippen LogP contribution in [-0.2, 0) is 6.54 Å². The molecule has 0 atom stereocenters. The second-order valence-corrected chi connectivity index (χ2v) is 4.60. The van der Waals surface area contributed by atoms with Gasteiger partial charge in [-0.1, -0.05) is 18.2 Å². The zero-order valence-corrected chi connectivity index (χ0v) is 11.4. The predicted octanol–water partition coefficient (Wildman–Crippen LogP) is 2.28. The third kappa shape index (κ3) is 2.52. The SMILES string of the molecule is CC(=O)c1ccc(C)n(Cc2ccccc2C#N)c1=O. The van der Waals surface area contributed by atoms with E-state index in [1.54, 1.807) is 31.2 Å². The quantitative estimate of drug-likeness (QED) is 0.801. The number of nitriles is 1. The van der Waals surface area contributed by atoms with Gasteiger partial charge in [0, 0.05) is 5.69 Å². The number of ketones is 1. The maximum absolute atomic E-state index is 12.3. The van der Waals surface area contributed by atoms with Crippen LogP contribution in [0.2, 0.25) is 0 Å². The van der Waals surface area contributed by atoms with Crippen molar-refractivity contribution in [2.75, 3.05) is 0 Å². The molecule has 1 aromatic carbocycles. The smallest absolute Gasteiger partial charge is 0.261 e. The zero-order chi connectivity index (χ0) is 14.7. The number of nitrogens with zero attached hydrogens (tertiary/aromatic N) is 2. The van der Waals surface area contributed by atoms with Crippen molar-refractivity contribution in [1.82, 2.24) is 4.57 Å². The fourth-order valence-electron chi connectivity index (χ4n) is 2.07. The Morgan fingerprint density at radius 2 is 1.95 bits per heavy atom. The van der Waals surface area contributed by atoms with Gasteiger partial charge in [-0.2, -0.15) is 5.26 Å². The van der Waals surface area contributed by atoms with Gasteiger partial charge in [-0.3, -0.25) is 9.59 Å². The number of benzene rings is 1. The molecule has 0 saturated carbocycles. The van der Waals surface area contributed by atoms with Crippen LogP contribution in [0.15, 0.2) is 41.2 Å². The van der Waals surface area contributed by atoms with E-state index in [1.165, 1.54) is 11.5 Å². The molecular formula is C16H14N2O2. The molecule has 0 aliphatic carbocycles. The van der Waals surface area contributed by atoms with Crippen molar-refractivity contribution in [3.8, 4) is 6.07 Å². The first-order valence-electron chi connectivity index (χ1n) is 6.24. The van der Waals surface area contributed by atoms with Gasteiger partial charge in [0.1, 0.15) is 0 Å². The largest absolute Gasteiger partial charge is 0.308 e. The van der Waals surface area contributed by atoms with Crippen molar-refractivity contribution in [3.05, 3.63) is 69.1 Å². The number of aromatic nitrogens is 1. The molecule has 1 aromatic heterocycles. The highest BCUT2D eigenvalue weighted by Crippen LogP contribution is 2.10. The van der Waals surface area contributed by atoms with E-state index < -0.39 is 0 Å². The molecule has 20 heavy (non-hydrogen) atoms. The van der Waals surface area contributed by atoms with Crippen LogP contribution in [0.3, 0.4) is 0 Å². The maximum atomic E-state index is 12.3. The molecule has 4 nitrogen and oxygen atoms in total. The molecular weight excluding hydrogens is 252 g/mol. The number of carbonyl (C=O) groups is 1. The minimum atomic E-state index is -0.315. The van der Waals surface area contributed by atoms with E-state index in [9.17, 15) is 9.59 Å². The molecule has 1 heterocycles. The van der Waals surface area contributed by atoms with Crippen LogP contribution in [0.5, 0.6) is 0 Å². The van der Waals surface area contributed by atoms with Crippen LogP contribution < -0.4 is 5.56 Å². The zero-order valence-electron chi connectivity index (χ0n) is 11.4. The first-order valence-corrected chi connectivity index (χ1v) is 6.24. The molecule has 0 N–H and O–H groups in total. The molecule has 2 rings (SSSR count). The monoisotopic (exact) mass is 266 g/mol. The molecule has 0 aliphatic rings. The lowest BCUT2D eigenvalue weighted by atomic mass is 10.1. The molecule has 100 valence electrons. The van der Waals surface area contributed by atoms with Gasteiger partial charge in [-0.05, 0) is 37.6 Å². The summed E-state index contributed by atoms with van der Waals surface area (Å²) in [7, 11) is 0. The van der Waals surface area contributed by atoms with Crippen molar-refractivity contribution in [3.63, 3.8) is 0 Å². The number of aryl methyl sites for hydroxylation is 1. The fraction of sp³-hybridized carbons (Fsp3) is 0.188. The van der Waals surface area contributed by atoms with Gasteiger partial charge in [-0.25, -0.2) is 0 Å². The Morgan fingerprint density at radius 1 is 1.25 bits per heavy atom. The van der Waals surface area contributed by atoms with Crippen molar-refractivity contribution >= 4 is 5.78 Å². The van der Waals surface area contributed by atoms with Crippen molar-refractivity contribution < 1.29 is 4.79 Å². The van der Waals surface area contributed by atoms with E-state index >= 15 is 0 Å². The highest BCUT2D eigenvalue weighted by molar-refractivity contribution is 5.93. The number of hydrogen-bond donors (Lipinski definition) is 0. The summed E-state index contributed by atoms with van der Waals surface area (Å²) in [6.07, 6.45) is 0. The Hall–Kier alpha value is -2.67. The van der Waals surface area contributed by atoms with Gasteiger partial charge in [0.25, 0.3) is 5.56 Å². The van der Waals surface area contributed by atoms with E-state index in [0.29, 0.717) is 5.56 Å². The Morgan fingerprint density at radius 3 is 2.60 bits per heavy atom. The van der Waals surface area contributed by atoms with Gasteiger partial charge >= 0.3 is 0 Å². The van der Waals surface area contributed by atoms with Crippen LogP contribution in [0.25, 0.3) is 0 Å². The third-order valence-corrected chi connectivity index (χ3v) is 3.24. The molecule has 0 aliphatic heterocycles. The Kier molecular flexibility index (Phi) is 3.81. The molecule has 0 unspecified atom stereocenters. The Balaban J connectivity index is 2.55. The molecule has 0 fully saturated rings. The molecule has 4 heteroatoms.